The Morgan fingerprint density at radius 1 is 1.27 bits per heavy atom. The molecule has 200 valence electrons. The van der Waals surface area contributed by atoms with Crippen LogP contribution in [0.3, 0.4) is 0 Å². The summed E-state index contributed by atoms with van der Waals surface area (Å²) in [6.07, 6.45) is 6.94. The zero-order valence-electron chi connectivity index (χ0n) is 21.7. The van der Waals surface area contributed by atoms with Crippen LogP contribution in [0.5, 0.6) is 0 Å². The summed E-state index contributed by atoms with van der Waals surface area (Å²) in [6.45, 7) is 4.28. The number of aromatic nitrogens is 1. The van der Waals surface area contributed by atoms with Crippen LogP contribution in [0.2, 0.25) is 0 Å². The maximum Gasteiger partial charge on any atom is 0.327 e. The van der Waals surface area contributed by atoms with Crippen LogP contribution >= 0.6 is 0 Å². The van der Waals surface area contributed by atoms with Crippen molar-refractivity contribution in [3.05, 3.63) is 58.5 Å². The molecule has 0 amide bonds. The van der Waals surface area contributed by atoms with Gasteiger partial charge in [-0.25, -0.2) is 14.2 Å². The fourth-order valence-electron chi connectivity index (χ4n) is 5.81. The number of methoxy groups -OCH3 is 1. The molecule has 2 unspecified atom stereocenters. The first-order valence-corrected chi connectivity index (χ1v) is 13.7. The summed E-state index contributed by atoms with van der Waals surface area (Å²) in [6, 6.07) is 8.47. The van der Waals surface area contributed by atoms with Gasteiger partial charge >= 0.3 is 5.97 Å². The average Bonchev–Trinajstić information content (AvgIpc) is 3.62. The summed E-state index contributed by atoms with van der Waals surface area (Å²) < 4.78 is 31.3. The van der Waals surface area contributed by atoms with Gasteiger partial charge < -0.3 is 19.5 Å². The van der Waals surface area contributed by atoms with E-state index in [1.165, 1.54) is 31.2 Å². The molecule has 1 aromatic carbocycles. The number of hydrogen-bond acceptors (Lipinski definition) is 7. The molecule has 0 spiro atoms. The summed E-state index contributed by atoms with van der Waals surface area (Å²) >= 11 is 0. The summed E-state index contributed by atoms with van der Waals surface area (Å²) in [5, 5.41) is 3.40. The van der Waals surface area contributed by atoms with E-state index in [4.69, 9.17) is 19.2 Å². The van der Waals surface area contributed by atoms with E-state index in [-0.39, 0.29) is 23.8 Å². The smallest absolute Gasteiger partial charge is 0.327 e. The number of carbonyl (C=O) groups excluding carboxylic acids is 1. The van der Waals surface area contributed by atoms with E-state index in [2.05, 4.69) is 22.3 Å². The standard InChI is InChI=1S/C29H38FN3O4/c1-35-29(34)27(26-17-22(30)8-10-25(26)21-12-16-36-19-21)33-14-11-24(18-33)37-15-3-2-6-23-9-7-20-5-4-13-31-28(20)32-23/h7-10,17,21,24,27H,2-6,11-16,18-19H2,1H3,(H,31,32)/t21?,24-,27?/m1/s1. The maximum atomic E-state index is 14.3. The zero-order chi connectivity index (χ0) is 25.6. The number of ether oxygens (including phenoxy) is 3. The molecule has 37 heavy (non-hydrogen) atoms. The van der Waals surface area contributed by atoms with Gasteiger partial charge in [-0.05, 0) is 79.8 Å². The van der Waals surface area contributed by atoms with Gasteiger partial charge in [0.2, 0.25) is 0 Å². The fraction of sp³-hybridized carbons (Fsp3) is 0.586. The third kappa shape index (κ3) is 6.30. The number of halogens is 1. The van der Waals surface area contributed by atoms with Crippen molar-refractivity contribution < 1.29 is 23.4 Å². The number of rotatable bonds is 10. The van der Waals surface area contributed by atoms with Gasteiger partial charge in [0.05, 0.1) is 19.8 Å². The predicted octanol–water partition coefficient (Wildman–Crippen LogP) is 4.41. The van der Waals surface area contributed by atoms with Gasteiger partial charge in [-0.1, -0.05) is 12.1 Å². The third-order valence-corrected chi connectivity index (χ3v) is 7.81. The summed E-state index contributed by atoms with van der Waals surface area (Å²) in [5.41, 5.74) is 4.11. The zero-order valence-corrected chi connectivity index (χ0v) is 21.7. The van der Waals surface area contributed by atoms with Crippen molar-refractivity contribution in [3.8, 4) is 0 Å². The molecule has 2 fully saturated rings. The number of nitrogens with one attached hydrogen (secondary N) is 1. The quantitative estimate of drug-likeness (QED) is 0.374. The highest BCUT2D eigenvalue weighted by atomic mass is 19.1. The summed E-state index contributed by atoms with van der Waals surface area (Å²) in [5.74, 6) is 0.507. The Balaban J connectivity index is 1.14. The first kappa shape index (κ1) is 26.1. The number of likely N-dealkylation sites (tertiary alicyclic amines) is 1. The first-order chi connectivity index (χ1) is 18.1. The van der Waals surface area contributed by atoms with Crippen molar-refractivity contribution in [2.75, 3.05) is 51.9 Å². The molecule has 0 aliphatic carbocycles. The van der Waals surface area contributed by atoms with Crippen molar-refractivity contribution in [2.24, 2.45) is 0 Å². The first-order valence-electron chi connectivity index (χ1n) is 13.7. The molecule has 2 saturated heterocycles. The number of hydrogen-bond donors (Lipinski definition) is 1. The van der Waals surface area contributed by atoms with Crippen molar-refractivity contribution in [1.29, 1.82) is 0 Å². The minimum Gasteiger partial charge on any atom is -0.468 e. The number of unbranched alkanes of at least 4 members (excludes halogenated alkanes) is 1. The Bertz CT molecular complexity index is 1080. The number of benzene rings is 1. The van der Waals surface area contributed by atoms with Crippen LogP contribution in [0, 0.1) is 5.82 Å². The third-order valence-electron chi connectivity index (χ3n) is 7.81. The van der Waals surface area contributed by atoms with Crippen LogP contribution < -0.4 is 5.32 Å². The second-order valence-electron chi connectivity index (χ2n) is 10.3. The van der Waals surface area contributed by atoms with Crippen molar-refractivity contribution in [3.63, 3.8) is 0 Å². The molecule has 1 aromatic heterocycles. The van der Waals surface area contributed by atoms with Gasteiger partial charge in [-0.15, -0.1) is 0 Å². The van der Waals surface area contributed by atoms with Gasteiger partial charge in [-0.3, -0.25) is 4.90 Å². The van der Waals surface area contributed by atoms with E-state index in [1.807, 2.05) is 0 Å². The number of anilines is 1. The number of aryl methyl sites for hydroxylation is 2. The molecule has 8 heteroatoms. The van der Waals surface area contributed by atoms with E-state index in [0.717, 1.165) is 62.1 Å². The molecule has 2 aromatic rings. The molecule has 5 rings (SSSR count). The number of nitrogens with zero attached hydrogens (tertiary/aromatic N) is 2. The van der Waals surface area contributed by atoms with Gasteiger partial charge in [-0.2, -0.15) is 0 Å². The van der Waals surface area contributed by atoms with E-state index >= 15 is 0 Å². The van der Waals surface area contributed by atoms with Crippen LogP contribution in [0.25, 0.3) is 0 Å². The monoisotopic (exact) mass is 511 g/mol. The molecule has 0 bridgehead atoms. The minimum atomic E-state index is -0.645. The van der Waals surface area contributed by atoms with E-state index < -0.39 is 6.04 Å². The van der Waals surface area contributed by atoms with E-state index in [9.17, 15) is 9.18 Å². The molecule has 7 nitrogen and oxygen atoms in total. The average molecular weight is 512 g/mol. The van der Waals surface area contributed by atoms with Gasteiger partial charge in [0, 0.05) is 44.5 Å². The normalized spacial score (nSPS) is 22.4. The SMILES string of the molecule is COC(=O)C(c1cc(F)ccc1C1CCOC1)N1CC[C@@H](OCCCCc2ccc3c(n2)NCCC3)C1. The Labute approximate surface area is 218 Å². The van der Waals surface area contributed by atoms with Gasteiger partial charge in [0.25, 0.3) is 0 Å². The molecule has 1 N–H and O–H groups in total. The largest absolute Gasteiger partial charge is 0.468 e. The topological polar surface area (TPSA) is 72.9 Å². The molecule has 3 atom stereocenters. The number of carbonyl (C=O) groups is 1. The lowest BCUT2D eigenvalue weighted by molar-refractivity contribution is -0.147. The van der Waals surface area contributed by atoms with E-state index in [1.54, 1.807) is 6.07 Å². The van der Waals surface area contributed by atoms with Crippen molar-refractivity contribution in [1.82, 2.24) is 9.88 Å². The molecular weight excluding hydrogens is 473 g/mol. The number of esters is 1. The van der Waals surface area contributed by atoms with Crippen LogP contribution in [-0.4, -0.2) is 68.5 Å². The highest BCUT2D eigenvalue weighted by Gasteiger charge is 2.37. The molecule has 3 aliphatic rings. The highest BCUT2D eigenvalue weighted by Crippen LogP contribution is 2.36. The van der Waals surface area contributed by atoms with Crippen molar-refractivity contribution in [2.45, 2.75) is 63.0 Å². The Hall–Kier alpha value is -2.55. The van der Waals surface area contributed by atoms with Gasteiger partial charge in [0.1, 0.15) is 17.7 Å². The number of pyridine rings is 1. The Morgan fingerprint density at radius 3 is 3.03 bits per heavy atom. The Morgan fingerprint density at radius 2 is 2.19 bits per heavy atom. The second kappa shape index (κ2) is 12.3. The van der Waals surface area contributed by atoms with E-state index in [0.29, 0.717) is 38.5 Å². The maximum absolute atomic E-state index is 14.3. The lowest BCUT2D eigenvalue weighted by Crippen LogP contribution is -2.35. The lowest BCUT2D eigenvalue weighted by Gasteiger charge is -2.29. The van der Waals surface area contributed by atoms with Crippen molar-refractivity contribution >= 4 is 11.8 Å². The lowest BCUT2D eigenvalue weighted by atomic mass is 9.89. The molecular formula is C29H38FN3O4. The van der Waals surface area contributed by atoms with Crippen LogP contribution in [0.1, 0.15) is 66.4 Å². The van der Waals surface area contributed by atoms with Crippen LogP contribution in [0.15, 0.2) is 30.3 Å². The van der Waals surface area contributed by atoms with Gasteiger partial charge in [0.15, 0.2) is 0 Å². The molecule has 3 aliphatic heterocycles. The predicted molar refractivity (Wildman–Crippen MR) is 139 cm³/mol. The van der Waals surface area contributed by atoms with Crippen LogP contribution in [0.4, 0.5) is 10.2 Å². The summed E-state index contributed by atoms with van der Waals surface area (Å²) in [7, 11) is 1.39. The Kier molecular flexibility index (Phi) is 8.69. The molecule has 4 heterocycles. The molecule has 0 radical (unpaired) electrons. The molecule has 0 saturated carbocycles. The fourth-order valence-corrected chi connectivity index (χ4v) is 5.81. The van der Waals surface area contributed by atoms with Crippen LogP contribution in [-0.2, 0) is 31.8 Å². The number of fused-ring (bicyclic) bond motifs is 1. The summed E-state index contributed by atoms with van der Waals surface area (Å²) in [4.78, 5) is 19.8. The highest BCUT2D eigenvalue weighted by molar-refractivity contribution is 5.78. The minimum absolute atomic E-state index is 0.0463. The second-order valence-corrected chi connectivity index (χ2v) is 10.3.